The Morgan fingerprint density at radius 1 is 1.19 bits per heavy atom. The summed E-state index contributed by atoms with van der Waals surface area (Å²) in [5.74, 6) is 0. The Bertz CT molecular complexity index is 609. The van der Waals surface area contributed by atoms with E-state index in [0.29, 0.717) is 22.7 Å². The van der Waals surface area contributed by atoms with E-state index in [0.717, 1.165) is 11.1 Å². The van der Waals surface area contributed by atoms with Gasteiger partial charge in [-0.05, 0) is 71.5 Å². The molecule has 0 saturated heterocycles. The number of rotatable bonds is 5. The first kappa shape index (κ1) is 17.9. The minimum Gasteiger partial charge on any atom is -0.398 e. The van der Waals surface area contributed by atoms with Gasteiger partial charge in [0.25, 0.3) is 0 Å². The summed E-state index contributed by atoms with van der Waals surface area (Å²) < 4.78 is 28.0. The van der Waals surface area contributed by atoms with Crippen LogP contribution in [0.1, 0.15) is 30.5 Å². The first-order valence-electron chi connectivity index (χ1n) is 6.93. The second-order valence-corrected chi connectivity index (χ2v) is 8.10. The Labute approximate surface area is 128 Å². The number of nitrogen functional groups attached to an aromatic ring is 1. The maximum Gasteiger partial charge on any atom is 0.241 e. The lowest BCUT2D eigenvalue weighted by atomic mass is 10.1. The van der Waals surface area contributed by atoms with Crippen LogP contribution in [0.4, 0.5) is 5.69 Å². The molecule has 0 heterocycles. The van der Waals surface area contributed by atoms with Gasteiger partial charge in [0.1, 0.15) is 0 Å². The highest BCUT2D eigenvalue weighted by Gasteiger charge is 2.27. The largest absolute Gasteiger partial charge is 0.398 e. The van der Waals surface area contributed by atoms with Gasteiger partial charge in [0, 0.05) is 17.8 Å². The van der Waals surface area contributed by atoms with Crippen molar-refractivity contribution in [3.63, 3.8) is 0 Å². The third kappa shape index (κ3) is 3.75. The van der Waals surface area contributed by atoms with E-state index in [1.54, 1.807) is 6.92 Å². The molecule has 1 rings (SSSR count). The fourth-order valence-corrected chi connectivity index (χ4v) is 3.72. The predicted molar refractivity (Wildman–Crippen MR) is 88.0 cm³/mol. The normalized spacial score (nSPS) is 13.0. The van der Waals surface area contributed by atoms with Crippen molar-refractivity contribution in [1.82, 2.24) is 9.62 Å². The molecule has 5 nitrogen and oxygen atoms in total. The minimum atomic E-state index is -3.59. The number of sulfonamides is 1. The van der Waals surface area contributed by atoms with E-state index >= 15 is 0 Å². The predicted octanol–water partition coefficient (Wildman–Crippen LogP) is 1.81. The van der Waals surface area contributed by atoms with Crippen molar-refractivity contribution in [1.29, 1.82) is 0 Å². The summed E-state index contributed by atoms with van der Waals surface area (Å²) in [4.78, 5) is 2.29. The second kappa shape index (κ2) is 5.94. The summed E-state index contributed by atoms with van der Waals surface area (Å²) in [6, 6.07) is 1.81. The number of benzene rings is 1. The lowest BCUT2D eigenvalue weighted by Crippen LogP contribution is -2.48. The molecule has 0 aliphatic heterocycles. The Morgan fingerprint density at radius 2 is 1.71 bits per heavy atom. The van der Waals surface area contributed by atoms with Crippen molar-refractivity contribution in [2.24, 2.45) is 0 Å². The zero-order chi connectivity index (χ0) is 16.6. The van der Waals surface area contributed by atoms with E-state index < -0.39 is 10.0 Å². The monoisotopic (exact) mass is 313 g/mol. The van der Waals surface area contributed by atoms with Crippen LogP contribution in [-0.4, -0.2) is 39.5 Å². The highest BCUT2D eigenvalue weighted by atomic mass is 32.2. The SMILES string of the molecule is Cc1cc(N)c(C)c(S(=O)(=O)NCC(C)(C)N(C)C)c1C. The van der Waals surface area contributed by atoms with E-state index in [1.807, 2.05) is 52.8 Å². The lowest BCUT2D eigenvalue weighted by molar-refractivity contribution is 0.199. The first-order valence-corrected chi connectivity index (χ1v) is 8.42. The molecule has 0 radical (unpaired) electrons. The van der Waals surface area contributed by atoms with Crippen molar-refractivity contribution in [2.45, 2.75) is 45.1 Å². The Kier molecular flexibility index (Phi) is 5.08. The minimum absolute atomic E-state index is 0.274. The van der Waals surface area contributed by atoms with Gasteiger partial charge in [0.2, 0.25) is 10.0 Å². The second-order valence-electron chi connectivity index (χ2n) is 6.39. The van der Waals surface area contributed by atoms with Crippen LogP contribution in [0.15, 0.2) is 11.0 Å². The molecule has 1 aromatic rings. The molecule has 1 aromatic carbocycles. The number of hydrogen-bond donors (Lipinski definition) is 2. The quantitative estimate of drug-likeness (QED) is 0.813. The molecule has 0 spiro atoms. The van der Waals surface area contributed by atoms with Gasteiger partial charge in [-0.25, -0.2) is 13.1 Å². The van der Waals surface area contributed by atoms with Gasteiger partial charge in [-0.1, -0.05) is 0 Å². The molecular weight excluding hydrogens is 286 g/mol. The third-order valence-electron chi connectivity index (χ3n) is 4.25. The van der Waals surface area contributed by atoms with Crippen molar-refractivity contribution < 1.29 is 8.42 Å². The summed E-state index contributed by atoms with van der Waals surface area (Å²) in [6.07, 6.45) is 0. The average molecular weight is 313 g/mol. The summed E-state index contributed by atoms with van der Waals surface area (Å²) in [7, 11) is 0.262. The first-order chi connectivity index (χ1) is 9.40. The van der Waals surface area contributed by atoms with Crippen LogP contribution in [-0.2, 0) is 10.0 Å². The molecule has 0 unspecified atom stereocenters. The van der Waals surface area contributed by atoms with Gasteiger partial charge in [-0.2, -0.15) is 0 Å². The molecule has 0 aliphatic rings. The number of anilines is 1. The molecule has 0 atom stereocenters. The van der Waals surface area contributed by atoms with Gasteiger partial charge in [-0.3, -0.25) is 0 Å². The van der Waals surface area contributed by atoms with Crippen molar-refractivity contribution in [2.75, 3.05) is 26.4 Å². The third-order valence-corrected chi connectivity index (χ3v) is 5.93. The molecule has 3 N–H and O–H groups in total. The fourth-order valence-electron chi connectivity index (χ4n) is 1.95. The summed E-state index contributed by atoms with van der Waals surface area (Å²) in [5.41, 5.74) is 8.38. The van der Waals surface area contributed by atoms with Crippen LogP contribution >= 0.6 is 0 Å². The van der Waals surface area contributed by atoms with E-state index in [-0.39, 0.29) is 5.54 Å². The number of nitrogens with one attached hydrogen (secondary N) is 1. The lowest BCUT2D eigenvalue weighted by Gasteiger charge is -2.32. The average Bonchev–Trinajstić information content (AvgIpc) is 2.34. The number of hydrogen-bond acceptors (Lipinski definition) is 4. The van der Waals surface area contributed by atoms with Gasteiger partial charge in [0.05, 0.1) is 4.90 Å². The highest BCUT2D eigenvalue weighted by Crippen LogP contribution is 2.28. The molecule has 21 heavy (non-hydrogen) atoms. The Hall–Kier alpha value is -1.11. The molecular formula is C15H27N3O2S. The molecule has 120 valence electrons. The number of aryl methyl sites for hydroxylation is 1. The van der Waals surface area contributed by atoms with Crippen LogP contribution in [0.3, 0.4) is 0 Å². The van der Waals surface area contributed by atoms with Crippen molar-refractivity contribution >= 4 is 15.7 Å². The van der Waals surface area contributed by atoms with Gasteiger partial charge >= 0.3 is 0 Å². The molecule has 0 fully saturated rings. The van der Waals surface area contributed by atoms with Gasteiger partial charge < -0.3 is 10.6 Å². The topological polar surface area (TPSA) is 75.4 Å². The molecule has 6 heteroatoms. The van der Waals surface area contributed by atoms with Gasteiger partial charge in [-0.15, -0.1) is 0 Å². The zero-order valence-corrected chi connectivity index (χ0v) is 14.9. The smallest absolute Gasteiger partial charge is 0.241 e. The van der Waals surface area contributed by atoms with E-state index in [1.165, 1.54) is 0 Å². The van der Waals surface area contributed by atoms with Crippen LogP contribution in [0.2, 0.25) is 0 Å². The summed E-state index contributed by atoms with van der Waals surface area (Å²) >= 11 is 0. The number of likely N-dealkylation sites (N-methyl/N-ethyl adjacent to an activating group) is 1. The zero-order valence-electron chi connectivity index (χ0n) is 14.0. The maximum atomic E-state index is 12.7. The van der Waals surface area contributed by atoms with E-state index in [9.17, 15) is 8.42 Å². The standard InChI is InChI=1S/C15H27N3O2S/c1-10-8-13(16)12(3)14(11(10)2)21(19,20)17-9-15(4,5)18(6)7/h8,17H,9,16H2,1-7H3. The van der Waals surface area contributed by atoms with E-state index in [4.69, 9.17) is 5.73 Å². The van der Waals surface area contributed by atoms with Crippen molar-refractivity contribution in [3.05, 3.63) is 22.8 Å². The summed E-state index contributed by atoms with van der Waals surface area (Å²) in [5, 5.41) is 0. The Balaban J connectivity index is 3.22. The fraction of sp³-hybridized carbons (Fsp3) is 0.600. The highest BCUT2D eigenvalue weighted by molar-refractivity contribution is 7.89. The van der Waals surface area contributed by atoms with Crippen LogP contribution in [0, 0.1) is 20.8 Å². The van der Waals surface area contributed by atoms with E-state index in [2.05, 4.69) is 4.72 Å². The Morgan fingerprint density at radius 3 is 2.19 bits per heavy atom. The number of nitrogens with two attached hydrogens (primary N) is 1. The molecule has 0 aliphatic carbocycles. The molecule has 0 bridgehead atoms. The van der Waals surface area contributed by atoms with Crippen LogP contribution in [0.5, 0.6) is 0 Å². The van der Waals surface area contributed by atoms with Crippen LogP contribution < -0.4 is 10.5 Å². The number of nitrogens with zero attached hydrogens (tertiary/aromatic N) is 1. The van der Waals surface area contributed by atoms with Crippen molar-refractivity contribution in [3.8, 4) is 0 Å². The maximum absolute atomic E-state index is 12.7. The molecule has 0 amide bonds. The molecule has 0 saturated carbocycles. The molecule has 0 aromatic heterocycles. The van der Waals surface area contributed by atoms with Gasteiger partial charge in [0.15, 0.2) is 0 Å². The summed E-state index contributed by atoms with van der Waals surface area (Å²) in [6.45, 7) is 9.73. The van der Waals surface area contributed by atoms with Crippen LogP contribution in [0.25, 0.3) is 0 Å².